The lowest BCUT2D eigenvalue weighted by atomic mass is 10.1. The molecule has 3 rings (SSSR count). The first-order valence-electron chi connectivity index (χ1n) is 8.45. The van der Waals surface area contributed by atoms with Crippen LogP contribution < -0.4 is 0 Å². The van der Waals surface area contributed by atoms with E-state index in [4.69, 9.17) is 0 Å². The number of carbonyl (C=O) groups excluding carboxylic acids is 1. The van der Waals surface area contributed by atoms with Gasteiger partial charge >= 0.3 is 0 Å². The number of benzene rings is 1. The molecule has 1 amide bonds. The second kappa shape index (κ2) is 8.35. The van der Waals surface area contributed by atoms with Crippen molar-refractivity contribution in [3.63, 3.8) is 0 Å². The van der Waals surface area contributed by atoms with Gasteiger partial charge in [0.1, 0.15) is 0 Å². The van der Waals surface area contributed by atoms with Crippen LogP contribution in [0, 0.1) is 10.1 Å². The molecule has 7 heteroatoms. The Balaban J connectivity index is 1.55. The fourth-order valence-electron chi connectivity index (χ4n) is 2.94. The molecule has 1 aliphatic rings. The average molecular weight is 352 g/mol. The number of pyridine rings is 1. The van der Waals surface area contributed by atoms with E-state index in [1.807, 2.05) is 18.3 Å². The largest absolute Gasteiger partial charge is 0.337 e. The Kier molecular flexibility index (Phi) is 5.70. The molecule has 1 saturated heterocycles. The minimum absolute atomic E-state index is 0.00200. The summed E-state index contributed by atoms with van der Waals surface area (Å²) in [6.45, 7) is 3.68. The molecule has 7 nitrogen and oxygen atoms in total. The van der Waals surface area contributed by atoms with Crippen molar-refractivity contribution in [2.75, 3.05) is 26.2 Å². The van der Waals surface area contributed by atoms with Crippen molar-refractivity contribution in [2.45, 2.75) is 6.54 Å². The van der Waals surface area contributed by atoms with Gasteiger partial charge in [-0.1, -0.05) is 18.2 Å². The van der Waals surface area contributed by atoms with Gasteiger partial charge in [-0.05, 0) is 23.8 Å². The Morgan fingerprint density at radius 1 is 1.15 bits per heavy atom. The highest BCUT2D eigenvalue weighted by atomic mass is 16.6. The fraction of sp³-hybridized carbons (Fsp3) is 0.263. The van der Waals surface area contributed by atoms with Crippen LogP contribution in [0.4, 0.5) is 5.69 Å². The molecule has 1 aromatic heterocycles. The summed E-state index contributed by atoms with van der Waals surface area (Å²) >= 11 is 0. The number of rotatable bonds is 5. The van der Waals surface area contributed by atoms with Crippen LogP contribution in [-0.2, 0) is 11.3 Å². The van der Waals surface area contributed by atoms with Crippen LogP contribution in [0.1, 0.15) is 11.1 Å². The number of hydrogen-bond donors (Lipinski definition) is 0. The van der Waals surface area contributed by atoms with Gasteiger partial charge in [0.2, 0.25) is 5.91 Å². The molecule has 2 aromatic rings. The first kappa shape index (κ1) is 17.8. The zero-order valence-electron chi connectivity index (χ0n) is 14.3. The highest BCUT2D eigenvalue weighted by Gasteiger charge is 2.20. The zero-order chi connectivity index (χ0) is 18.4. The molecule has 0 bridgehead atoms. The summed E-state index contributed by atoms with van der Waals surface area (Å²) in [7, 11) is 0. The summed E-state index contributed by atoms with van der Waals surface area (Å²) in [5.41, 5.74) is 1.59. The summed E-state index contributed by atoms with van der Waals surface area (Å²) in [5, 5.41) is 11.0. The van der Waals surface area contributed by atoms with Crippen molar-refractivity contribution in [3.05, 3.63) is 76.1 Å². The smallest absolute Gasteiger partial charge is 0.276 e. The lowest BCUT2D eigenvalue weighted by molar-refractivity contribution is -0.385. The summed E-state index contributed by atoms with van der Waals surface area (Å²) < 4.78 is 0. The molecule has 134 valence electrons. The Hall–Kier alpha value is -3.06. The number of amides is 1. The number of para-hydroxylation sites is 1. The molecule has 0 spiro atoms. The highest BCUT2D eigenvalue weighted by Crippen LogP contribution is 2.19. The minimum Gasteiger partial charge on any atom is -0.337 e. The lowest BCUT2D eigenvalue weighted by Gasteiger charge is -2.34. The van der Waals surface area contributed by atoms with E-state index in [2.05, 4.69) is 9.88 Å². The van der Waals surface area contributed by atoms with Gasteiger partial charge in [-0.25, -0.2) is 0 Å². The Morgan fingerprint density at radius 3 is 2.62 bits per heavy atom. The molecule has 0 unspecified atom stereocenters. The summed E-state index contributed by atoms with van der Waals surface area (Å²) in [6.07, 6.45) is 6.54. The first-order valence-corrected chi connectivity index (χ1v) is 8.45. The minimum atomic E-state index is -0.443. The van der Waals surface area contributed by atoms with Gasteiger partial charge in [-0.3, -0.25) is 24.8 Å². The third kappa shape index (κ3) is 4.52. The maximum Gasteiger partial charge on any atom is 0.276 e. The van der Waals surface area contributed by atoms with E-state index in [1.165, 1.54) is 18.2 Å². The molecule has 0 saturated carbocycles. The van der Waals surface area contributed by atoms with Gasteiger partial charge in [0.15, 0.2) is 0 Å². The van der Waals surface area contributed by atoms with Gasteiger partial charge in [-0.15, -0.1) is 0 Å². The molecule has 1 aliphatic heterocycles. The number of carbonyl (C=O) groups is 1. The zero-order valence-corrected chi connectivity index (χ0v) is 14.3. The summed E-state index contributed by atoms with van der Waals surface area (Å²) in [5.74, 6) is -0.121. The van der Waals surface area contributed by atoms with Gasteiger partial charge in [0, 0.05) is 57.3 Å². The molecule has 2 heterocycles. The van der Waals surface area contributed by atoms with E-state index >= 15 is 0 Å². The third-order valence-electron chi connectivity index (χ3n) is 4.35. The van der Waals surface area contributed by atoms with E-state index in [0.717, 1.165) is 25.2 Å². The van der Waals surface area contributed by atoms with Crippen molar-refractivity contribution < 1.29 is 9.72 Å². The number of hydrogen-bond acceptors (Lipinski definition) is 5. The molecule has 0 aliphatic carbocycles. The van der Waals surface area contributed by atoms with Gasteiger partial charge in [0.05, 0.1) is 10.5 Å². The Labute approximate surface area is 151 Å². The molecule has 0 N–H and O–H groups in total. The Bertz CT molecular complexity index is 799. The highest BCUT2D eigenvalue weighted by molar-refractivity contribution is 5.92. The quantitative estimate of drug-likeness (QED) is 0.469. The second-order valence-corrected chi connectivity index (χ2v) is 6.11. The monoisotopic (exact) mass is 352 g/mol. The lowest BCUT2D eigenvalue weighted by Crippen LogP contribution is -2.47. The third-order valence-corrected chi connectivity index (χ3v) is 4.35. The number of aromatic nitrogens is 1. The predicted molar refractivity (Wildman–Crippen MR) is 98.2 cm³/mol. The molecule has 26 heavy (non-hydrogen) atoms. The van der Waals surface area contributed by atoms with Crippen LogP contribution >= 0.6 is 0 Å². The number of nitrogens with zero attached hydrogens (tertiary/aromatic N) is 4. The van der Waals surface area contributed by atoms with Gasteiger partial charge in [-0.2, -0.15) is 0 Å². The molecular formula is C19H20N4O3. The van der Waals surface area contributed by atoms with Crippen molar-refractivity contribution >= 4 is 17.7 Å². The van der Waals surface area contributed by atoms with Crippen LogP contribution in [0.2, 0.25) is 0 Å². The molecule has 1 aromatic carbocycles. The van der Waals surface area contributed by atoms with Gasteiger partial charge in [0.25, 0.3) is 5.69 Å². The maximum absolute atomic E-state index is 12.4. The Morgan fingerprint density at radius 2 is 1.92 bits per heavy atom. The molecule has 0 radical (unpaired) electrons. The van der Waals surface area contributed by atoms with Crippen LogP contribution in [0.25, 0.3) is 6.08 Å². The van der Waals surface area contributed by atoms with Crippen LogP contribution in [0.15, 0.2) is 54.9 Å². The number of nitro groups is 1. The number of nitro benzene ring substituents is 1. The van der Waals surface area contributed by atoms with Crippen molar-refractivity contribution in [3.8, 4) is 0 Å². The standard InChI is InChI=1S/C19H20N4O3/c24-19(8-7-17-5-1-2-6-18(17)23(25)26)22-12-10-21(11-13-22)15-16-4-3-9-20-14-16/h1-9,14H,10-13,15H2/b8-7+. The first-order chi connectivity index (χ1) is 12.6. The number of piperazine rings is 1. The fourth-order valence-corrected chi connectivity index (χ4v) is 2.94. The van der Waals surface area contributed by atoms with E-state index in [-0.39, 0.29) is 11.6 Å². The molecule has 0 atom stereocenters. The normalized spacial score (nSPS) is 15.3. The predicted octanol–water partition coefficient (Wildman–Crippen LogP) is 2.35. The van der Waals surface area contributed by atoms with Crippen LogP contribution in [0.3, 0.4) is 0 Å². The topological polar surface area (TPSA) is 79.6 Å². The van der Waals surface area contributed by atoms with E-state index in [0.29, 0.717) is 18.7 Å². The maximum atomic E-state index is 12.4. The summed E-state index contributed by atoms with van der Waals surface area (Å²) in [6, 6.07) is 10.4. The average Bonchev–Trinajstić information content (AvgIpc) is 2.67. The van der Waals surface area contributed by atoms with Gasteiger partial charge < -0.3 is 4.90 Å². The van der Waals surface area contributed by atoms with E-state index < -0.39 is 4.92 Å². The van der Waals surface area contributed by atoms with E-state index in [1.54, 1.807) is 29.3 Å². The molecule has 1 fully saturated rings. The second-order valence-electron chi connectivity index (χ2n) is 6.11. The van der Waals surface area contributed by atoms with Crippen LogP contribution in [-0.4, -0.2) is 51.8 Å². The van der Waals surface area contributed by atoms with Crippen molar-refractivity contribution in [1.82, 2.24) is 14.8 Å². The summed E-state index contributed by atoms with van der Waals surface area (Å²) in [4.78, 5) is 31.1. The van der Waals surface area contributed by atoms with Crippen molar-refractivity contribution in [1.29, 1.82) is 0 Å². The SMILES string of the molecule is O=C(/C=C/c1ccccc1[N+](=O)[O-])N1CCN(Cc2cccnc2)CC1. The van der Waals surface area contributed by atoms with E-state index in [9.17, 15) is 14.9 Å². The van der Waals surface area contributed by atoms with Crippen molar-refractivity contribution in [2.24, 2.45) is 0 Å². The molecular weight excluding hydrogens is 332 g/mol. The van der Waals surface area contributed by atoms with Crippen LogP contribution in [0.5, 0.6) is 0 Å².